The van der Waals surface area contributed by atoms with Gasteiger partial charge in [-0.15, -0.1) is 0 Å². The third kappa shape index (κ3) is 3.95. The quantitative estimate of drug-likeness (QED) is 0.916. The van der Waals surface area contributed by atoms with E-state index in [4.69, 9.17) is 4.74 Å². The molecular weight excluding hydrogens is 268 g/mol. The highest BCUT2D eigenvalue weighted by Gasteiger charge is 2.08. The van der Waals surface area contributed by atoms with Gasteiger partial charge in [0.2, 0.25) is 5.91 Å². The normalized spacial score (nSPS) is 10.2. The summed E-state index contributed by atoms with van der Waals surface area (Å²) in [4.78, 5) is 24.1. The molecule has 1 aromatic carbocycles. The Bertz CT molecular complexity index is 692. The molecule has 0 saturated heterocycles. The molecule has 1 heterocycles. The predicted octanol–water partition coefficient (Wildman–Crippen LogP) is 2.19. The third-order valence-electron chi connectivity index (χ3n) is 2.90. The molecule has 0 radical (unpaired) electrons. The summed E-state index contributed by atoms with van der Waals surface area (Å²) in [5, 5.41) is 2.77. The van der Waals surface area contributed by atoms with Crippen LogP contribution in [0.3, 0.4) is 0 Å². The number of nitrogens with zero attached hydrogens (tertiary/aromatic N) is 1. The average molecular weight is 286 g/mol. The van der Waals surface area contributed by atoms with Crippen molar-refractivity contribution in [2.24, 2.45) is 0 Å². The number of aromatic nitrogens is 1. The molecule has 0 atom stereocenters. The third-order valence-corrected chi connectivity index (χ3v) is 2.90. The molecule has 0 aliphatic carbocycles. The van der Waals surface area contributed by atoms with Gasteiger partial charge in [0.1, 0.15) is 6.54 Å². The van der Waals surface area contributed by atoms with E-state index >= 15 is 0 Å². The van der Waals surface area contributed by atoms with Crippen LogP contribution in [0.4, 0.5) is 5.69 Å². The molecule has 110 valence electrons. The van der Waals surface area contributed by atoms with Crippen molar-refractivity contribution in [1.29, 1.82) is 0 Å². The first-order valence-electron chi connectivity index (χ1n) is 6.79. The summed E-state index contributed by atoms with van der Waals surface area (Å²) in [6.45, 7) is 4.12. The molecule has 0 unspecified atom stereocenters. The lowest BCUT2D eigenvalue weighted by molar-refractivity contribution is -0.116. The Labute approximate surface area is 123 Å². The van der Waals surface area contributed by atoms with E-state index in [-0.39, 0.29) is 23.8 Å². The molecule has 0 saturated carbocycles. The van der Waals surface area contributed by atoms with E-state index in [2.05, 4.69) is 5.32 Å². The van der Waals surface area contributed by atoms with Gasteiger partial charge in [-0.25, -0.2) is 0 Å². The molecule has 5 nitrogen and oxygen atoms in total. The molecule has 2 aromatic rings. The zero-order valence-corrected chi connectivity index (χ0v) is 12.1. The minimum atomic E-state index is -0.307. The molecule has 0 aliphatic heterocycles. The van der Waals surface area contributed by atoms with Gasteiger partial charge in [0, 0.05) is 11.9 Å². The van der Waals surface area contributed by atoms with Crippen molar-refractivity contribution in [1.82, 2.24) is 4.57 Å². The fourth-order valence-electron chi connectivity index (χ4n) is 1.98. The van der Waals surface area contributed by atoms with Gasteiger partial charge in [0.15, 0.2) is 5.75 Å². The highest BCUT2D eigenvalue weighted by Crippen LogP contribution is 2.09. The number of amides is 1. The molecule has 0 spiro atoms. The van der Waals surface area contributed by atoms with E-state index in [0.29, 0.717) is 12.3 Å². The van der Waals surface area contributed by atoms with Crippen LogP contribution in [0, 0.1) is 6.92 Å². The Balaban J connectivity index is 2.09. The molecule has 1 N–H and O–H groups in total. The van der Waals surface area contributed by atoms with Crippen LogP contribution in [-0.4, -0.2) is 17.1 Å². The van der Waals surface area contributed by atoms with Crippen LogP contribution >= 0.6 is 0 Å². The molecule has 0 aliphatic rings. The number of pyridine rings is 1. The Hall–Kier alpha value is -2.56. The summed E-state index contributed by atoms with van der Waals surface area (Å²) >= 11 is 0. The smallest absolute Gasteiger partial charge is 0.293 e. The first kappa shape index (κ1) is 14.8. The van der Waals surface area contributed by atoms with Crippen LogP contribution in [0.25, 0.3) is 0 Å². The van der Waals surface area contributed by atoms with Crippen LogP contribution in [0.2, 0.25) is 0 Å². The zero-order chi connectivity index (χ0) is 15.2. The molecule has 2 rings (SSSR count). The fourth-order valence-corrected chi connectivity index (χ4v) is 1.98. The minimum Gasteiger partial charge on any atom is -0.488 e. The van der Waals surface area contributed by atoms with Crippen molar-refractivity contribution in [3.05, 3.63) is 58.5 Å². The van der Waals surface area contributed by atoms with Gasteiger partial charge in [-0.1, -0.05) is 12.1 Å². The van der Waals surface area contributed by atoms with Crippen LogP contribution in [0.5, 0.6) is 5.75 Å². The lowest BCUT2D eigenvalue weighted by Gasteiger charge is -2.09. The number of ether oxygens (including phenoxy) is 1. The van der Waals surface area contributed by atoms with Crippen LogP contribution in [0.1, 0.15) is 12.5 Å². The summed E-state index contributed by atoms with van der Waals surface area (Å²) in [6.07, 6.45) is 1.57. The number of nitrogens with one attached hydrogen (secondary N) is 1. The summed E-state index contributed by atoms with van der Waals surface area (Å²) < 4.78 is 6.56. The lowest BCUT2D eigenvalue weighted by Crippen LogP contribution is -2.28. The number of rotatable bonds is 5. The van der Waals surface area contributed by atoms with Crippen molar-refractivity contribution in [3.63, 3.8) is 0 Å². The number of aryl methyl sites for hydroxylation is 1. The first-order chi connectivity index (χ1) is 10.1. The number of hydrogen-bond donors (Lipinski definition) is 1. The summed E-state index contributed by atoms with van der Waals surface area (Å²) in [5.41, 5.74) is 1.47. The van der Waals surface area contributed by atoms with Crippen LogP contribution < -0.4 is 15.6 Å². The lowest BCUT2D eigenvalue weighted by atomic mass is 10.2. The molecule has 5 heteroatoms. The molecule has 1 aromatic heterocycles. The van der Waals surface area contributed by atoms with Gasteiger partial charge < -0.3 is 14.6 Å². The number of carbonyl (C=O) groups excluding carboxylic acids is 1. The maximum absolute atomic E-state index is 12.1. The SMILES string of the molecule is CCOc1cccn(CC(=O)Nc2cccc(C)c2)c1=O. The van der Waals surface area contributed by atoms with E-state index in [1.165, 1.54) is 4.57 Å². The van der Waals surface area contributed by atoms with Crippen molar-refractivity contribution >= 4 is 11.6 Å². The highest BCUT2D eigenvalue weighted by atomic mass is 16.5. The minimum absolute atomic E-state index is 0.0479. The molecular formula is C16H18N2O3. The van der Waals surface area contributed by atoms with Gasteiger partial charge in [0.05, 0.1) is 6.61 Å². The maximum Gasteiger partial charge on any atom is 0.293 e. The number of hydrogen-bond acceptors (Lipinski definition) is 3. The average Bonchev–Trinajstić information content (AvgIpc) is 2.43. The van der Waals surface area contributed by atoms with Gasteiger partial charge in [-0.3, -0.25) is 9.59 Å². The summed E-state index contributed by atoms with van der Waals surface area (Å²) in [7, 11) is 0. The Morgan fingerprint density at radius 3 is 2.81 bits per heavy atom. The van der Waals surface area contributed by atoms with E-state index in [1.807, 2.05) is 31.2 Å². The van der Waals surface area contributed by atoms with Gasteiger partial charge in [0.25, 0.3) is 5.56 Å². The highest BCUT2D eigenvalue weighted by molar-refractivity contribution is 5.90. The van der Waals surface area contributed by atoms with E-state index in [1.54, 1.807) is 25.3 Å². The van der Waals surface area contributed by atoms with Gasteiger partial charge in [-0.2, -0.15) is 0 Å². The Kier molecular flexibility index (Phi) is 4.77. The number of anilines is 1. The largest absolute Gasteiger partial charge is 0.488 e. The Morgan fingerprint density at radius 1 is 1.29 bits per heavy atom. The van der Waals surface area contributed by atoms with Gasteiger partial charge >= 0.3 is 0 Å². The standard InChI is InChI=1S/C16H18N2O3/c1-3-21-14-8-5-9-18(16(14)20)11-15(19)17-13-7-4-6-12(2)10-13/h4-10H,3,11H2,1-2H3,(H,17,19). The molecule has 1 amide bonds. The van der Waals surface area contributed by atoms with Crippen LogP contribution in [-0.2, 0) is 11.3 Å². The molecule has 0 bridgehead atoms. The monoisotopic (exact) mass is 286 g/mol. The first-order valence-corrected chi connectivity index (χ1v) is 6.79. The second-order valence-electron chi connectivity index (χ2n) is 4.66. The van der Waals surface area contributed by atoms with Crippen molar-refractivity contribution < 1.29 is 9.53 Å². The molecule has 21 heavy (non-hydrogen) atoms. The van der Waals surface area contributed by atoms with Crippen LogP contribution in [0.15, 0.2) is 47.4 Å². The van der Waals surface area contributed by atoms with E-state index in [0.717, 1.165) is 5.56 Å². The number of carbonyl (C=O) groups is 1. The predicted molar refractivity (Wildman–Crippen MR) is 81.7 cm³/mol. The number of benzene rings is 1. The summed E-state index contributed by atoms with van der Waals surface area (Å²) in [5.74, 6) is -0.000274. The maximum atomic E-state index is 12.1. The second-order valence-corrected chi connectivity index (χ2v) is 4.66. The fraction of sp³-hybridized carbons (Fsp3) is 0.250. The van der Waals surface area contributed by atoms with Crippen molar-refractivity contribution in [2.45, 2.75) is 20.4 Å². The topological polar surface area (TPSA) is 60.3 Å². The molecule has 0 fully saturated rings. The van der Waals surface area contributed by atoms with Crippen molar-refractivity contribution in [2.75, 3.05) is 11.9 Å². The van der Waals surface area contributed by atoms with Gasteiger partial charge in [-0.05, 0) is 43.7 Å². The van der Waals surface area contributed by atoms with E-state index < -0.39 is 0 Å². The zero-order valence-electron chi connectivity index (χ0n) is 12.1. The van der Waals surface area contributed by atoms with E-state index in [9.17, 15) is 9.59 Å². The summed E-state index contributed by atoms with van der Waals surface area (Å²) in [6, 6.07) is 10.8. The second kappa shape index (κ2) is 6.74. The van der Waals surface area contributed by atoms with Crippen molar-refractivity contribution in [3.8, 4) is 5.75 Å². The Morgan fingerprint density at radius 2 is 2.10 bits per heavy atom.